The summed E-state index contributed by atoms with van der Waals surface area (Å²) >= 11 is 1.61. The lowest BCUT2D eigenvalue weighted by molar-refractivity contribution is -0.113. The summed E-state index contributed by atoms with van der Waals surface area (Å²) < 4.78 is 0.0752. The molecule has 0 heterocycles. The quantitative estimate of drug-likeness (QED) is 0.835. The molecule has 0 aliphatic heterocycles. The number of hydrogen-bond donors (Lipinski definition) is 2. The van der Waals surface area contributed by atoms with E-state index in [0.717, 1.165) is 11.3 Å². The number of nitrogens with one attached hydrogen (secondary N) is 1. The maximum atomic E-state index is 11.8. The predicted molar refractivity (Wildman–Crippen MR) is 81.2 cm³/mol. The minimum Gasteiger partial charge on any atom is -0.384 e. The van der Waals surface area contributed by atoms with Gasteiger partial charge in [0.2, 0.25) is 5.91 Å². The van der Waals surface area contributed by atoms with Gasteiger partial charge in [0.25, 0.3) is 0 Å². The molecule has 1 rings (SSSR count). The molecular formula is C15H19NO2S. The summed E-state index contributed by atoms with van der Waals surface area (Å²) in [7, 11) is 0. The first kappa shape index (κ1) is 15.6. The molecule has 0 saturated carbocycles. The van der Waals surface area contributed by atoms with Gasteiger partial charge in [-0.2, -0.15) is 0 Å². The van der Waals surface area contributed by atoms with Crippen molar-refractivity contribution in [2.45, 2.75) is 25.5 Å². The number of rotatable bonds is 3. The van der Waals surface area contributed by atoms with Crippen molar-refractivity contribution < 1.29 is 9.90 Å². The first-order valence-electron chi connectivity index (χ1n) is 6.04. The first-order chi connectivity index (χ1) is 8.90. The van der Waals surface area contributed by atoms with Gasteiger partial charge in [0.05, 0.1) is 5.75 Å². The van der Waals surface area contributed by atoms with Crippen LogP contribution in [-0.4, -0.2) is 28.1 Å². The molecule has 0 aliphatic carbocycles. The third-order valence-corrected chi connectivity index (χ3v) is 3.37. The Kier molecular flexibility index (Phi) is 5.94. The zero-order chi connectivity index (χ0) is 14.3. The third-order valence-electron chi connectivity index (χ3n) is 2.09. The van der Waals surface area contributed by atoms with Crippen LogP contribution in [0.4, 0.5) is 5.69 Å². The van der Waals surface area contributed by atoms with Crippen LogP contribution in [0.5, 0.6) is 0 Å². The number of amides is 1. The van der Waals surface area contributed by atoms with E-state index >= 15 is 0 Å². The van der Waals surface area contributed by atoms with Crippen LogP contribution in [0.1, 0.15) is 26.3 Å². The van der Waals surface area contributed by atoms with E-state index in [1.165, 1.54) is 0 Å². The second-order valence-corrected chi connectivity index (χ2v) is 6.79. The summed E-state index contributed by atoms with van der Waals surface area (Å²) in [5.74, 6) is 5.79. The zero-order valence-corrected chi connectivity index (χ0v) is 12.3. The highest BCUT2D eigenvalue weighted by molar-refractivity contribution is 8.01. The summed E-state index contributed by atoms with van der Waals surface area (Å²) in [4.78, 5) is 11.8. The molecule has 102 valence electrons. The number of thioether (sulfide) groups is 1. The van der Waals surface area contributed by atoms with Gasteiger partial charge in [-0.25, -0.2) is 0 Å². The van der Waals surface area contributed by atoms with E-state index in [2.05, 4.69) is 37.9 Å². The molecule has 0 radical (unpaired) electrons. The van der Waals surface area contributed by atoms with Crippen LogP contribution in [0.15, 0.2) is 24.3 Å². The van der Waals surface area contributed by atoms with Gasteiger partial charge in [-0.05, 0) is 18.2 Å². The first-order valence-corrected chi connectivity index (χ1v) is 7.03. The number of benzene rings is 1. The molecule has 0 fully saturated rings. The van der Waals surface area contributed by atoms with Crippen molar-refractivity contribution >= 4 is 23.4 Å². The van der Waals surface area contributed by atoms with Crippen LogP contribution in [0.3, 0.4) is 0 Å². The number of aliphatic hydroxyl groups excluding tert-OH is 1. The highest BCUT2D eigenvalue weighted by atomic mass is 32.2. The van der Waals surface area contributed by atoms with Crippen LogP contribution >= 0.6 is 11.8 Å². The molecule has 0 bridgehead atoms. The highest BCUT2D eigenvalue weighted by Crippen LogP contribution is 2.23. The van der Waals surface area contributed by atoms with Crippen LogP contribution in [0.2, 0.25) is 0 Å². The topological polar surface area (TPSA) is 49.3 Å². The van der Waals surface area contributed by atoms with E-state index < -0.39 is 0 Å². The van der Waals surface area contributed by atoms with E-state index in [1.807, 2.05) is 18.2 Å². The normalized spacial score (nSPS) is 10.5. The third kappa shape index (κ3) is 6.90. The Labute approximate surface area is 118 Å². The molecule has 0 aromatic heterocycles. The number of carbonyl (C=O) groups is 1. The Morgan fingerprint density at radius 2 is 2.16 bits per heavy atom. The van der Waals surface area contributed by atoms with E-state index in [4.69, 9.17) is 5.11 Å². The zero-order valence-electron chi connectivity index (χ0n) is 11.5. The standard InChI is InChI=1S/C15H19NO2S/c1-15(2,3)19-11-14(18)16-13-8-4-6-12(10-13)7-5-9-17/h4,6,8,10,17H,9,11H2,1-3H3,(H,16,18). The second kappa shape index (κ2) is 7.22. The number of aliphatic hydroxyl groups is 1. The monoisotopic (exact) mass is 277 g/mol. The van der Waals surface area contributed by atoms with Gasteiger partial charge in [-0.1, -0.05) is 38.7 Å². The van der Waals surface area contributed by atoms with Gasteiger partial charge in [-0.3, -0.25) is 4.79 Å². The Morgan fingerprint density at radius 1 is 1.42 bits per heavy atom. The SMILES string of the molecule is CC(C)(C)SCC(=O)Nc1cccc(C#CCO)c1. The molecule has 2 N–H and O–H groups in total. The van der Waals surface area contributed by atoms with Crippen LogP contribution in [0.25, 0.3) is 0 Å². The molecular weight excluding hydrogens is 258 g/mol. The minimum atomic E-state index is -0.168. The van der Waals surface area contributed by atoms with Crippen molar-refractivity contribution in [2.75, 3.05) is 17.7 Å². The van der Waals surface area contributed by atoms with E-state index in [9.17, 15) is 4.79 Å². The van der Waals surface area contributed by atoms with Crippen molar-refractivity contribution in [1.29, 1.82) is 0 Å². The molecule has 0 unspecified atom stereocenters. The van der Waals surface area contributed by atoms with Crippen LogP contribution in [0, 0.1) is 11.8 Å². The molecule has 0 atom stereocenters. The molecule has 1 amide bonds. The smallest absolute Gasteiger partial charge is 0.234 e. The van der Waals surface area contributed by atoms with Gasteiger partial charge >= 0.3 is 0 Å². The molecule has 0 aliphatic rings. The summed E-state index contributed by atoms with van der Waals surface area (Å²) in [6.07, 6.45) is 0. The van der Waals surface area contributed by atoms with E-state index in [-0.39, 0.29) is 17.3 Å². The molecule has 4 heteroatoms. The highest BCUT2D eigenvalue weighted by Gasteiger charge is 2.13. The van der Waals surface area contributed by atoms with Crippen LogP contribution < -0.4 is 5.32 Å². The average Bonchev–Trinajstić information content (AvgIpc) is 2.33. The summed E-state index contributed by atoms with van der Waals surface area (Å²) in [6.45, 7) is 6.07. The number of anilines is 1. The van der Waals surface area contributed by atoms with Crippen molar-refractivity contribution in [3.63, 3.8) is 0 Å². The lowest BCUT2D eigenvalue weighted by Crippen LogP contribution is -2.18. The molecule has 3 nitrogen and oxygen atoms in total. The predicted octanol–water partition coefficient (Wildman–Crippen LogP) is 2.50. The lowest BCUT2D eigenvalue weighted by atomic mass is 10.2. The number of carbonyl (C=O) groups excluding carboxylic acids is 1. The fourth-order valence-electron chi connectivity index (χ4n) is 1.30. The molecule has 0 spiro atoms. The van der Waals surface area contributed by atoms with Crippen LogP contribution in [-0.2, 0) is 4.79 Å². The largest absolute Gasteiger partial charge is 0.384 e. The lowest BCUT2D eigenvalue weighted by Gasteiger charge is -2.17. The van der Waals surface area contributed by atoms with Gasteiger partial charge in [0.15, 0.2) is 0 Å². The summed E-state index contributed by atoms with van der Waals surface area (Å²) in [6, 6.07) is 7.28. The Balaban J connectivity index is 2.59. The van der Waals surface area contributed by atoms with Gasteiger partial charge in [0, 0.05) is 16.0 Å². The average molecular weight is 277 g/mol. The van der Waals surface area contributed by atoms with Gasteiger partial charge in [-0.15, -0.1) is 11.8 Å². The van der Waals surface area contributed by atoms with Gasteiger partial charge < -0.3 is 10.4 Å². The van der Waals surface area contributed by atoms with Gasteiger partial charge in [0.1, 0.15) is 6.61 Å². The van der Waals surface area contributed by atoms with Crippen molar-refractivity contribution in [3.8, 4) is 11.8 Å². The van der Waals surface area contributed by atoms with Crippen molar-refractivity contribution in [1.82, 2.24) is 0 Å². The number of hydrogen-bond acceptors (Lipinski definition) is 3. The summed E-state index contributed by atoms with van der Waals surface area (Å²) in [5.41, 5.74) is 1.50. The fourth-order valence-corrected chi connectivity index (χ4v) is 1.93. The Hall–Kier alpha value is -1.44. The van der Waals surface area contributed by atoms with E-state index in [0.29, 0.717) is 5.75 Å². The van der Waals surface area contributed by atoms with E-state index in [1.54, 1.807) is 17.8 Å². The maximum Gasteiger partial charge on any atom is 0.234 e. The van der Waals surface area contributed by atoms with Crippen molar-refractivity contribution in [2.24, 2.45) is 0 Å². The Morgan fingerprint density at radius 3 is 2.79 bits per heavy atom. The molecule has 0 saturated heterocycles. The molecule has 1 aromatic rings. The molecule has 19 heavy (non-hydrogen) atoms. The minimum absolute atomic E-state index is 0.0211. The maximum absolute atomic E-state index is 11.8. The second-order valence-electron chi connectivity index (χ2n) is 4.99. The molecule has 1 aromatic carbocycles. The fraction of sp³-hybridized carbons (Fsp3) is 0.400. The summed E-state index contributed by atoms with van der Waals surface area (Å²) in [5, 5.41) is 11.5. The Bertz CT molecular complexity index is 495. The van der Waals surface area contributed by atoms with Crippen molar-refractivity contribution in [3.05, 3.63) is 29.8 Å².